The third-order valence-corrected chi connectivity index (χ3v) is 9.86. The molecule has 0 bridgehead atoms. The Labute approximate surface area is 253 Å². The van der Waals surface area contributed by atoms with Crippen LogP contribution in [0.15, 0.2) is 77.8 Å². The highest BCUT2D eigenvalue weighted by molar-refractivity contribution is 7.90. The van der Waals surface area contributed by atoms with Crippen LogP contribution in [0.1, 0.15) is 39.4 Å². The molecule has 0 aliphatic carbocycles. The molecule has 224 valence electrons. The molecule has 1 fully saturated rings. The van der Waals surface area contributed by atoms with E-state index < -0.39 is 22.0 Å². The molecule has 3 aromatic heterocycles. The molecular formula is C32H30FN7O3S. The Balaban J connectivity index is 1.34. The number of imidazole rings is 1. The van der Waals surface area contributed by atoms with Crippen LogP contribution >= 0.6 is 0 Å². The molecule has 0 amide bonds. The Kier molecular flexibility index (Phi) is 6.63. The van der Waals surface area contributed by atoms with Gasteiger partial charge in [-0.2, -0.15) is 5.10 Å². The minimum absolute atomic E-state index is 0.0524. The number of fused-ring (bicyclic) bond motifs is 2. The maximum absolute atomic E-state index is 14.2. The zero-order valence-corrected chi connectivity index (χ0v) is 25.0. The molecule has 1 aliphatic heterocycles. The first kappa shape index (κ1) is 28.0. The quantitative estimate of drug-likeness (QED) is 0.245. The number of nitrogens with two attached hydrogens (primary N) is 1. The summed E-state index contributed by atoms with van der Waals surface area (Å²) in [5.74, 6) is 0.255. The van der Waals surface area contributed by atoms with E-state index in [1.165, 1.54) is 23.0 Å². The monoisotopic (exact) mass is 611 g/mol. The molecule has 10 nitrogen and oxygen atoms in total. The fraction of sp³-hybridized carbons (Fsp3) is 0.219. The minimum atomic E-state index is -4.19. The van der Waals surface area contributed by atoms with Crippen LogP contribution in [0.5, 0.6) is 0 Å². The highest BCUT2D eigenvalue weighted by atomic mass is 32.2. The number of nitrogens with zero attached hydrogens (tertiary/aromatic N) is 5. The summed E-state index contributed by atoms with van der Waals surface area (Å²) in [6.07, 6.45) is 1.00. The second-order valence-electron chi connectivity index (χ2n) is 11.3. The first-order valence-electron chi connectivity index (χ1n) is 14.3. The number of hydrogen-bond donors (Lipinski definition) is 2. The van der Waals surface area contributed by atoms with Gasteiger partial charge in [-0.1, -0.05) is 23.8 Å². The summed E-state index contributed by atoms with van der Waals surface area (Å²) >= 11 is 0. The summed E-state index contributed by atoms with van der Waals surface area (Å²) in [5, 5.41) is 4.95. The van der Waals surface area contributed by atoms with Crippen LogP contribution in [0.4, 0.5) is 10.2 Å². The van der Waals surface area contributed by atoms with E-state index in [4.69, 9.17) is 5.73 Å². The van der Waals surface area contributed by atoms with E-state index >= 15 is 0 Å². The third-order valence-electron chi connectivity index (χ3n) is 8.11. The molecule has 7 rings (SSSR count). The summed E-state index contributed by atoms with van der Waals surface area (Å²) in [6.45, 7) is 5.27. The molecule has 12 heteroatoms. The van der Waals surface area contributed by atoms with Crippen LogP contribution in [0, 0.1) is 13.8 Å². The van der Waals surface area contributed by atoms with E-state index in [0.717, 1.165) is 32.0 Å². The molecule has 1 atom stereocenters. The van der Waals surface area contributed by atoms with Gasteiger partial charge in [0.2, 0.25) is 5.78 Å². The predicted octanol–water partition coefficient (Wildman–Crippen LogP) is 4.91. The second-order valence-corrected chi connectivity index (χ2v) is 13.1. The number of carbonyl (C=O) groups is 1. The van der Waals surface area contributed by atoms with Crippen molar-refractivity contribution in [1.29, 1.82) is 0 Å². The van der Waals surface area contributed by atoms with Crippen molar-refractivity contribution in [3.8, 4) is 5.69 Å². The van der Waals surface area contributed by atoms with Crippen molar-refractivity contribution in [2.45, 2.75) is 37.9 Å². The van der Waals surface area contributed by atoms with Gasteiger partial charge >= 0.3 is 0 Å². The van der Waals surface area contributed by atoms with Crippen molar-refractivity contribution in [2.24, 2.45) is 0 Å². The van der Waals surface area contributed by atoms with Crippen molar-refractivity contribution < 1.29 is 17.6 Å². The molecule has 0 unspecified atom stereocenters. The van der Waals surface area contributed by atoms with E-state index in [1.807, 2.05) is 43.0 Å². The van der Waals surface area contributed by atoms with Crippen LogP contribution in [-0.4, -0.2) is 62.1 Å². The third kappa shape index (κ3) is 4.76. The first-order chi connectivity index (χ1) is 21.1. The van der Waals surface area contributed by atoms with E-state index in [-0.39, 0.29) is 22.0 Å². The average molecular weight is 612 g/mol. The average Bonchev–Trinajstić information content (AvgIpc) is 3.77. The Morgan fingerprint density at radius 1 is 1.07 bits per heavy atom. The number of rotatable bonds is 7. The normalized spacial score (nSPS) is 15.9. The number of halogens is 1. The summed E-state index contributed by atoms with van der Waals surface area (Å²) in [6, 6.07) is 18.9. The van der Waals surface area contributed by atoms with Crippen molar-refractivity contribution in [3.05, 3.63) is 101 Å². The van der Waals surface area contributed by atoms with Crippen molar-refractivity contribution in [1.82, 2.24) is 28.6 Å². The predicted molar refractivity (Wildman–Crippen MR) is 166 cm³/mol. The van der Waals surface area contributed by atoms with Crippen molar-refractivity contribution in [3.63, 3.8) is 0 Å². The number of H-pyrrole nitrogens is 1. The van der Waals surface area contributed by atoms with Gasteiger partial charge < -0.3 is 10.7 Å². The summed E-state index contributed by atoms with van der Waals surface area (Å²) < 4.78 is 44.6. The van der Waals surface area contributed by atoms with Gasteiger partial charge in [0.1, 0.15) is 23.5 Å². The number of aromatic nitrogens is 5. The molecule has 6 aromatic rings. The van der Waals surface area contributed by atoms with Gasteiger partial charge in [-0.05, 0) is 74.4 Å². The van der Waals surface area contributed by atoms with Gasteiger partial charge in [-0.15, -0.1) is 0 Å². The fourth-order valence-corrected chi connectivity index (χ4v) is 7.40. The Morgan fingerprint density at radius 2 is 1.86 bits per heavy atom. The van der Waals surface area contributed by atoms with Crippen LogP contribution in [0.3, 0.4) is 0 Å². The van der Waals surface area contributed by atoms with Gasteiger partial charge in [0.25, 0.3) is 10.0 Å². The first-order valence-corrected chi connectivity index (χ1v) is 15.7. The summed E-state index contributed by atoms with van der Waals surface area (Å²) in [5.41, 5.74) is 10.8. The molecule has 3 N–H and O–H groups in total. The number of aromatic amines is 1. The lowest BCUT2D eigenvalue weighted by molar-refractivity contribution is 0.103. The fourth-order valence-electron chi connectivity index (χ4n) is 5.89. The molecule has 44 heavy (non-hydrogen) atoms. The lowest BCUT2D eigenvalue weighted by atomic mass is 10.1. The lowest BCUT2D eigenvalue weighted by Gasteiger charge is -2.15. The van der Waals surface area contributed by atoms with E-state index in [2.05, 4.69) is 15.1 Å². The molecule has 0 radical (unpaired) electrons. The highest BCUT2D eigenvalue weighted by Gasteiger charge is 2.30. The SMILES string of the molecule is Cc1ccc(S(=O)(=O)n2c(C(=O)c3cnn(-c4ccc5nc(C)[nH]c5c4)c3N)cc3cc(CN4CC[C@@H](F)C4)ccc32)cc1. The molecular weight excluding hydrogens is 581 g/mol. The van der Waals surface area contributed by atoms with Gasteiger partial charge in [0.15, 0.2) is 0 Å². The Bertz CT molecular complexity index is 2180. The lowest BCUT2D eigenvalue weighted by Crippen LogP contribution is -2.20. The molecule has 0 saturated carbocycles. The number of hydrogen-bond acceptors (Lipinski definition) is 7. The topological polar surface area (TPSA) is 132 Å². The Hall–Kier alpha value is -4.81. The van der Waals surface area contributed by atoms with Crippen LogP contribution in [0.2, 0.25) is 0 Å². The van der Waals surface area contributed by atoms with Crippen LogP contribution in [0.25, 0.3) is 27.6 Å². The summed E-state index contributed by atoms with van der Waals surface area (Å²) in [7, 11) is -4.19. The Morgan fingerprint density at radius 3 is 2.61 bits per heavy atom. The molecule has 3 aromatic carbocycles. The number of ketones is 1. The maximum Gasteiger partial charge on any atom is 0.268 e. The minimum Gasteiger partial charge on any atom is -0.383 e. The number of benzene rings is 3. The number of carbonyl (C=O) groups excluding carboxylic acids is 1. The van der Waals surface area contributed by atoms with Gasteiger partial charge in [0, 0.05) is 25.0 Å². The van der Waals surface area contributed by atoms with E-state index in [0.29, 0.717) is 42.6 Å². The maximum atomic E-state index is 14.2. The van der Waals surface area contributed by atoms with E-state index in [9.17, 15) is 17.6 Å². The van der Waals surface area contributed by atoms with Gasteiger partial charge in [0.05, 0.1) is 38.9 Å². The van der Waals surface area contributed by atoms with Crippen molar-refractivity contribution >= 4 is 43.6 Å². The smallest absolute Gasteiger partial charge is 0.268 e. The molecule has 0 spiro atoms. The zero-order valence-electron chi connectivity index (χ0n) is 24.2. The standard InChI is InChI=1S/C32H30FN7O3S/c1-19-3-7-25(8-4-19)44(42,43)40-29-10-5-21(17-38-12-11-23(33)18-38)13-22(29)14-30(40)31(41)26-16-35-39(32(26)34)24-6-9-27-28(15-24)37-20(2)36-27/h3-10,13-16,23H,11-12,17-18,34H2,1-2H3,(H,36,37)/t23-/m1/s1. The number of nitrogen functional groups attached to an aromatic ring is 1. The van der Waals surface area contributed by atoms with Gasteiger partial charge in [-0.25, -0.2) is 26.4 Å². The van der Waals surface area contributed by atoms with Gasteiger partial charge in [-0.3, -0.25) is 9.69 Å². The number of likely N-dealkylation sites (tertiary alicyclic amines) is 1. The number of nitrogens with one attached hydrogen (secondary N) is 1. The molecule has 1 saturated heterocycles. The number of alkyl halides is 1. The number of anilines is 1. The second kappa shape index (κ2) is 10.4. The summed E-state index contributed by atoms with van der Waals surface area (Å²) in [4.78, 5) is 23.8. The van der Waals surface area contributed by atoms with Crippen LogP contribution < -0.4 is 5.73 Å². The molecule has 4 heterocycles. The van der Waals surface area contributed by atoms with E-state index in [1.54, 1.807) is 30.3 Å². The van der Waals surface area contributed by atoms with Crippen molar-refractivity contribution in [2.75, 3.05) is 18.8 Å². The zero-order chi connectivity index (χ0) is 30.7. The largest absolute Gasteiger partial charge is 0.383 e. The number of aryl methyl sites for hydroxylation is 2. The molecule has 1 aliphatic rings. The highest BCUT2D eigenvalue weighted by Crippen LogP contribution is 2.31. The van der Waals surface area contributed by atoms with Crippen LogP contribution in [-0.2, 0) is 16.6 Å².